The smallest absolute Gasteiger partial charge is 0.259 e. The Balaban J connectivity index is 1.59. The van der Waals surface area contributed by atoms with Gasteiger partial charge in [-0.15, -0.1) is 0 Å². The molecule has 0 spiro atoms. The van der Waals surface area contributed by atoms with Crippen LogP contribution in [-0.4, -0.2) is 26.8 Å². The Morgan fingerprint density at radius 1 is 1.19 bits per heavy atom. The minimum Gasteiger partial charge on any atom is -0.334 e. The second kappa shape index (κ2) is 8.35. The van der Waals surface area contributed by atoms with Crippen LogP contribution in [0.3, 0.4) is 0 Å². The number of hydrogen-bond donors (Lipinski definition) is 1. The van der Waals surface area contributed by atoms with Crippen molar-refractivity contribution in [3.8, 4) is 11.5 Å². The van der Waals surface area contributed by atoms with Crippen molar-refractivity contribution in [1.29, 1.82) is 0 Å². The van der Waals surface area contributed by atoms with Crippen LogP contribution < -0.4 is 5.32 Å². The van der Waals surface area contributed by atoms with E-state index in [9.17, 15) is 4.79 Å². The van der Waals surface area contributed by atoms with Gasteiger partial charge in [0.1, 0.15) is 0 Å². The molecule has 0 aliphatic rings. The highest BCUT2D eigenvalue weighted by molar-refractivity contribution is 7.99. The Hall–Kier alpha value is -2.67. The fraction of sp³-hybridized carbons (Fsp3) is 0.300. The molecule has 27 heavy (non-hydrogen) atoms. The van der Waals surface area contributed by atoms with E-state index in [-0.39, 0.29) is 5.91 Å². The standard InChI is InChI=1S/C20H22N4O2S/c1-5-16-22-20(26-24-16)15-6-7-18(21-10-15)27-11-17(25)23-19-13(3)8-12(2)9-14(19)4/h6-10H,5,11H2,1-4H3,(H,23,25). The van der Waals surface area contributed by atoms with Crippen LogP contribution in [0.25, 0.3) is 11.5 Å². The van der Waals surface area contributed by atoms with Crippen molar-refractivity contribution in [2.45, 2.75) is 39.1 Å². The minimum atomic E-state index is -0.0505. The number of aromatic nitrogens is 3. The number of carbonyl (C=O) groups excluding carboxylic acids is 1. The molecular formula is C20H22N4O2S. The van der Waals surface area contributed by atoms with Crippen LogP contribution in [-0.2, 0) is 11.2 Å². The van der Waals surface area contributed by atoms with E-state index in [0.717, 1.165) is 33.8 Å². The third-order valence-electron chi connectivity index (χ3n) is 4.06. The summed E-state index contributed by atoms with van der Waals surface area (Å²) in [5, 5.41) is 7.65. The summed E-state index contributed by atoms with van der Waals surface area (Å²) in [4.78, 5) is 21.0. The van der Waals surface area contributed by atoms with E-state index in [4.69, 9.17) is 4.52 Å². The van der Waals surface area contributed by atoms with E-state index < -0.39 is 0 Å². The van der Waals surface area contributed by atoms with Crippen molar-refractivity contribution in [3.63, 3.8) is 0 Å². The maximum absolute atomic E-state index is 12.3. The number of pyridine rings is 1. The summed E-state index contributed by atoms with van der Waals surface area (Å²) in [5.74, 6) is 1.37. The Kier molecular flexibility index (Phi) is 5.91. The molecule has 0 fully saturated rings. The molecular weight excluding hydrogens is 360 g/mol. The van der Waals surface area contributed by atoms with Crippen molar-refractivity contribution in [2.75, 3.05) is 11.1 Å². The number of nitrogens with one attached hydrogen (secondary N) is 1. The third kappa shape index (κ3) is 4.74. The summed E-state index contributed by atoms with van der Waals surface area (Å²) in [6, 6.07) is 7.86. The van der Waals surface area contributed by atoms with E-state index in [1.165, 1.54) is 17.3 Å². The number of carbonyl (C=O) groups is 1. The highest BCUT2D eigenvalue weighted by Crippen LogP contribution is 2.24. The topological polar surface area (TPSA) is 80.9 Å². The Bertz CT molecular complexity index is 928. The highest BCUT2D eigenvalue weighted by Gasteiger charge is 2.11. The summed E-state index contributed by atoms with van der Waals surface area (Å²) in [7, 11) is 0. The molecule has 0 bridgehead atoms. The van der Waals surface area contributed by atoms with Gasteiger partial charge in [0.25, 0.3) is 5.89 Å². The molecule has 0 saturated carbocycles. The van der Waals surface area contributed by atoms with E-state index in [0.29, 0.717) is 17.5 Å². The van der Waals surface area contributed by atoms with Crippen molar-refractivity contribution in [1.82, 2.24) is 15.1 Å². The summed E-state index contributed by atoms with van der Waals surface area (Å²) in [5.41, 5.74) is 4.98. The van der Waals surface area contributed by atoms with E-state index >= 15 is 0 Å². The Morgan fingerprint density at radius 3 is 2.52 bits per heavy atom. The van der Waals surface area contributed by atoms with Crippen LogP contribution in [0.4, 0.5) is 5.69 Å². The minimum absolute atomic E-state index is 0.0505. The van der Waals surface area contributed by atoms with Gasteiger partial charge in [-0.25, -0.2) is 4.98 Å². The lowest BCUT2D eigenvalue weighted by Gasteiger charge is -2.12. The van der Waals surface area contributed by atoms with Gasteiger partial charge in [0.2, 0.25) is 5.91 Å². The fourth-order valence-electron chi connectivity index (χ4n) is 2.80. The van der Waals surface area contributed by atoms with Crippen LogP contribution in [0.1, 0.15) is 29.4 Å². The summed E-state index contributed by atoms with van der Waals surface area (Å²) >= 11 is 1.39. The van der Waals surface area contributed by atoms with Gasteiger partial charge >= 0.3 is 0 Å². The molecule has 0 aliphatic heterocycles. The van der Waals surface area contributed by atoms with Gasteiger partial charge in [0.15, 0.2) is 5.82 Å². The monoisotopic (exact) mass is 382 g/mol. The zero-order chi connectivity index (χ0) is 19.4. The predicted molar refractivity (Wildman–Crippen MR) is 107 cm³/mol. The van der Waals surface area contributed by atoms with E-state index in [1.807, 2.05) is 39.8 Å². The van der Waals surface area contributed by atoms with Crippen LogP contribution in [0, 0.1) is 20.8 Å². The molecule has 2 aromatic heterocycles. The number of nitrogens with zero attached hydrogens (tertiary/aromatic N) is 3. The van der Waals surface area contributed by atoms with Crippen LogP contribution >= 0.6 is 11.8 Å². The maximum atomic E-state index is 12.3. The van der Waals surface area contributed by atoms with E-state index in [2.05, 4.69) is 32.6 Å². The molecule has 3 rings (SSSR count). The van der Waals surface area contributed by atoms with Crippen molar-refractivity contribution >= 4 is 23.4 Å². The zero-order valence-corrected chi connectivity index (χ0v) is 16.7. The molecule has 3 aromatic rings. The van der Waals surface area contributed by atoms with Crippen LogP contribution in [0.2, 0.25) is 0 Å². The summed E-state index contributed by atoms with van der Waals surface area (Å²) in [6.07, 6.45) is 2.40. The number of rotatable bonds is 6. The van der Waals surface area contributed by atoms with Gasteiger partial charge < -0.3 is 9.84 Å². The molecule has 0 aliphatic carbocycles. The Labute approximate surface area is 162 Å². The average molecular weight is 382 g/mol. The SMILES string of the molecule is CCc1noc(-c2ccc(SCC(=O)Nc3c(C)cc(C)cc3C)nc2)n1. The average Bonchev–Trinajstić information content (AvgIpc) is 3.12. The molecule has 0 saturated heterocycles. The first-order valence-electron chi connectivity index (χ1n) is 8.75. The molecule has 7 heteroatoms. The number of benzene rings is 1. The molecule has 140 valence electrons. The molecule has 6 nitrogen and oxygen atoms in total. The summed E-state index contributed by atoms with van der Waals surface area (Å²) in [6.45, 7) is 8.03. The van der Waals surface area contributed by atoms with Gasteiger partial charge in [-0.1, -0.05) is 41.5 Å². The second-order valence-corrected chi connectivity index (χ2v) is 7.36. The van der Waals surface area contributed by atoms with Crippen LogP contribution in [0.5, 0.6) is 0 Å². The molecule has 2 heterocycles. The summed E-state index contributed by atoms with van der Waals surface area (Å²) < 4.78 is 5.20. The number of aryl methyl sites for hydroxylation is 4. The first-order chi connectivity index (χ1) is 13.0. The van der Waals surface area contributed by atoms with Gasteiger partial charge in [-0.3, -0.25) is 4.79 Å². The van der Waals surface area contributed by atoms with Gasteiger partial charge in [-0.2, -0.15) is 4.98 Å². The number of anilines is 1. The number of amides is 1. The third-order valence-corrected chi connectivity index (χ3v) is 5.00. The lowest BCUT2D eigenvalue weighted by molar-refractivity contribution is -0.113. The van der Waals surface area contributed by atoms with Gasteiger partial charge in [0.05, 0.1) is 16.3 Å². The largest absolute Gasteiger partial charge is 0.334 e. The zero-order valence-electron chi connectivity index (χ0n) is 15.9. The van der Waals surface area contributed by atoms with Crippen molar-refractivity contribution in [3.05, 3.63) is 53.0 Å². The van der Waals surface area contributed by atoms with Crippen molar-refractivity contribution in [2.24, 2.45) is 0 Å². The highest BCUT2D eigenvalue weighted by atomic mass is 32.2. The first kappa shape index (κ1) is 19.1. The van der Waals surface area contributed by atoms with Crippen LogP contribution in [0.15, 0.2) is 40.0 Å². The number of hydrogen-bond acceptors (Lipinski definition) is 6. The molecule has 1 amide bonds. The molecule has 1 aromatic carbocycles. The second-order valence-electron chi connectivity index (χ2n) is 6.36. The predicted octanol–water partition coefficient (Wildman–Crippen LogP) is 4.35. The quantitative estimate of drug-likeness (QED) is 0.638. The normalized spacial score (nSPS) is 10.8. The van der Waals surface area contributed by atoms with E-state index in [1.54, 1.807) is 6.20 Å². The number of thioether (sulfide) groups is 1. The van der Waals surface area contributed by atoms with Gasteiger partial charge in [0, 0.05) is 18.3 Å². The Morgan fingerprint density at radius 2 is 1.93 bits per heavy atom. The van der Waals surface area contributed by atoms with Gasteiger partial charge in [-0.05, 0) is 44.0 Å². The molecule has 0 radical (unpaired) electrons. The first-order valence-corrected chi connectivity index (χ1v) is 9.74. The maximum Gasteiger partial charge on any atom is 0.259 e. The molecule has 0 atom stereocenters. The van der Waals surface area contributed by atoms with Crippen molar-refractivity contribution < 1.29 is 9.32 Å². The molecule has 0 unspecified atom stereocenters. The lowest BCUT2D eigenvalue weighted by Crippen LogP contribution is -2.16. The molecule has 1 N–H and O–H groups in total. The fourth-order valence-corrected chi connectivity index (χ4v) is 3.44. The lowest BCUT2D eigenvalue weighted by atomic mass is 10.1.